The van der Waals surface area contributed by atoms with Crippen LogP contribution in [0.2, 0.25) is 0 Å². The Morgan fingerprint density at radius 2 is 1.67 bits per heavy atom. The maximum atomic E-state index is 12.6. The number of amides is 1. The molecule has 0 atom stereocenters. The normalized spacial score (nSPS) is 10.4. The number of esters is 1. The van der Waals surface area contributed by atoms with Gasteiger partial charge in [-0.15, -0.1) is 11.8 Å². The van der Waals surface area contributed by atoms with Crippen LogP contribution in [0.1, 0.15) is 21.5 Å². The first-order valence-corrected chi connectivity index (χ1v) is 10.7. The van der Waals surface area contributed by atoms with Gasteiger partial charge in [-0.25, -0.2) is 4.79 Å². The van der Waals surface area contributed by atoms with Crippen molar-refractivity contribution in [2.24, 2.45) is 0 Å². The van der Waals surface area contributed by atoms with Crippen LogP contribution in [-0.4, -0.2) is 24.7 Å². The first-order valence-electron chi connectivity index (χ1n) is 9.51. The molecule has 0 aromatic heterocycles. The van der Waals surface area contributed by atoms with Crippen molar-refractivity contribution in [2.45, 2.75) is 18.7 Å². The minimum Gasteiger partial charge on any atom is -0.452 e. The number of hydrogen-bond donors (Lipinski definition) is 2. The lowest BCUT2D eigenvalue weighted by Gasteiger charge is -2.14. The van der Waals surface area contributed by atoms with Gasteiger partial charge in [0.05, 0.1) is 11.3 Å². The minimum absolute atomic E-state index is 0.361. The summed E-state index contributed by atoms with van der Waals surface area (Å²) in [6.07, 6.45) is 1.96. The number of thioether (sulfide) groups is 1. The fourth-order valence-electron chi connectivity index (χ4n) is 2.91. The van der Waals surface area contributed by atoms with E-state index in [2.05, 4.69) is 10.6 Å². The zero-order valence-corrected chi connectivity index (χ0v) is 18.0. The average Bonchev–Trinajstić information content (AvgIpc) is 2.76. The van der Waals surface area contributed by atoms with Crippen LogP contribution < -0.4 is 10.6 Å². The van der Waals surface area contributed by atoms with Crippen LogP contribution in [0.5, 0.6) is 0 Å². The highest BCUT2D eigenvalue weighted by Gasteiger charge is 2.15. The van der Waals surface area contributed by atoms with E-state index in [9.17, 15) is 9.59 Å². The SMILES string of the molecule is CSc1cccc(NC(=O)COC(=O)c2ccccc2Nc2cccc(C)c2C)c1. The molecule has 0 radical (unpaired) electrons. The fraction of sp³-hybridized carbons (Fsp3) is 0.167. The summed E-state index contributed by atoms with van der Waals surface area (Å²) < 4.78 is 5.25. The van der Waals surface area contributed by atoms with Crippen molar-refractivity contribution < 1.29 is 14.3 Å². The lowest BCUT2D eigenvalue weighted by Crippen LogP contribution is -2.21. The standard InChI is InChI=1S/C24H24N2O3S/c1-16-8-6-13-21(17(16)2)26-22-12-5-4-11-20(22)24(28)29-15-23(27)25-18-9-7-10-19(14-18)30-3/h4-14,26H,15H2,1-3H3,(H,25,27). The Balaban J connectivity index is 1.65. The molecule has 154 valence electrons. The number of para-hydroxylation sites is 1. The van der Waals surface area contributed by atoms with Gasteiger partial charge in [0.2, 0.25) is 0 Å². The number of nitrogens with one attached hydrogen (secondary N) is 2. The predicted molar refractivity (Wildman–Crippen MR) is 123 cm³/mol. The molecular formula is C24H24N2O3S. The number of benzene rings is 3. The lowest BCUT2D eigenvalue weighted by atomic mass is 10.1. The Hall–Kier alpha value is -3.25. The molecule has 30 heavy (non-hydrogen) atoms. The van der Waals surface area contributed by atoms with E-state index in [1.807, 2.05) is 68.6 Å². The van der Waals surface area contributed by atoms with E-state index in [1.165, 1.54) is 0 Å². The molecule has 3 aromatic rings. The van der Waals surface area contributed by atoms with Crippen molar-refractivity contribution in [3.63, 3.8) is 0 Å². The maximum Gasteiger partial charge on any atom is 0.340 e. The van der Waals surface area contributed by atoms with Crippen LogP contribution in [0, 0.1) is 13.8 Å². The molecule has 6 heteroatoms. The van der Waals surface area contributed by atoms with Gasteiger partial charge in [-0.3, -0.25) is 4.79 Å². The highest BCUT2D eigenvalue weighted by molar-refractivity contribution is 7.98. The third kappa shape index (κ3) is 5.42. The van der Waals surface area contributed by atoms with Crippen molar-refractivity contribution in [1.29, 1.82) is 0 Å². The Kier molecular flexibility index (Phi) is 7.14. The first-order chi connectivity index (χ1) is 14.5. The summed E-state index contributed by atoms with van der Waals surface area (Å²) in [7, 11) is 0. The van der Waals surface area contributed by atoms with Crippen molar-refractivity contribution >= 4 is 40.7 Å². The Morgan fingerprint density at radius 3 is 2.47 bits per heavy atom. The molecular weight excluding hydrogens is 396 g/mol. The number of anilines is 3. The van der Waals surface area contributed by atoms with Gasteiger partial charge in [-0.2, -0.15) is 0 Å². The second-order valence-electron chi connectivity index (χ2n) is 6.77. The summed E-state index contributed by atoms with van der Waals surface area (Å²) >= 11 is 1.59. The van der Waals surface area contributed by atoms with Crippen LogP contribution in [0.4, 0.5) is 17.1 Å². The second kappa shape index (κ2) is 9.98. The summed E-state index contributed by atoms with van der Waals surface area (Å²) in [5.41, 5.74) is 4.84. The number of rotatable bonds is 7. The third-order valence-electron chi connectivity index (χ3n) is 4.71. The maximum absolute atomic E-state index is 12.6. The minimum atomic E-state index is -0.559. The largest absolute Gasteiger partial charge is 0.452 e. The first kappa shape index (κ1) is 21.5. The third-order valence-corrected chi connectivity index (χ3v) is 5.43. The highest BCUT2D eigenvalue weighted by Crippen LogP contribution is 2.26. The van der Waals surface area contributed by atoms with E-state index >= 15 is 0 Å². The molecule has 0 bridgehead atoms. The smallest absolute Gasteiger partial charge is 0.340 e. The quantitative estimate of drug-likeness (QED) is 0.387. The predicted octanol–water partition coefficient (Wildman–Crippen LogP) is 5.56. The van der Waals surface area contributed by atoms with E-state index in [4.69, 9.17) is 4.74 Å². The van der Waals surface area contributed by atoms with Crippen LogP contribution in [0.15, 0.2) is 71.6 Å². The van der Waals surface area contributed by atoms with Gasteiger partial charge in [0.15, 0.2) is 6.61 Å². The van der Waals surface area contributed by atoms with Gasteiger partial charge in [0.25, 0.3) is 5.91 Å². The van der Waals surface area contributed by atoms with E-state index in [0.717, 1.165) is 21.7 Å². The molecule has 1 amide bonds. The summed E-state index contributed by atoms with van der Waals surface area (Å²) in [4.78, 5) is 25.9. The average molecular weight is 421 g/mol. The summed E-state index contributed by atoms with van der Waals surface area (Å²) in [6.45, 7) is 3.70. The van der Waals surface area contributed by atoms with Crippen molar-refractivity contribution in [3.8, 4) is 0 Å². The van der Waals surface area contributed by atoms with Crippen LogP contribution in [0.25, 0.3) is 0 Å². The monoisotopic (exact) mass is 420 g/mol. The Morgan fingerprint density at radius 1 is 0.933 bits per heavy atom. The van der Waals surface area contributed by atoms with Gasteiger partial charge >= 0.3 is 5.97 Å². The summed E-state index contributed by atoms with van der Waals surface area (Å²) in [6, 6.07) is 20.5. The Labute approximate surface area is 180 Å². The molecule has 3 rings (SSSR count). The molecule has 0 unspecified atom stereocenters. The van der Waals surface area contributed by atoms with Crippen molar-refractivity contribution in [1.82, 2.24) is 0 Å². The van der Waals surface area contributed by atoms with Crippen LogP contribution in [-0.2, 0) is 9.53 Å². The lowest BCUT2D eigenvalue weighted by molar-refractivity contribution is -0.119. The van der Waals surface area contributed by atoms with Crippen molar-refractivity contribution in [2.75, 3.05) is 23.5 Å². The molecule has 5 nitrogen and oxygen atoms in total. The number of carbonyl (C=O) groups excluding carboxylic acids is 2. The topological polar surface area (TPSA) is 67.4 Å². The zero-order valence-electron chi connectivity index (χ0n) is 17.2. The van der Waals surface area contributed by atoms with Gasteiger partial charge in [-0.1, -0.05) is 30.3 Å². The fourth-order valence-corrected chi connectivity index (χ4v) is 3.37. The molecule has 0 aliphatic carbocycles. The Bertz CT molecular complexity index is 1070. The number of carbonyl (C=O) groups is 2. The molecule has 0 spiro atoms. The molecule has 0 aliphatic rings. The molecule has 0 fully saturated rings. The summed E-state index contributed by atoms with van der Waals surface area (Å²) in [5.74, 6) is -0.946. The summed E-state index contributed by atoms with van der Waals surface area (Å²) in [5, 5.41) is 6.05. The molecule has 3 aromatic carbocycles. The van der Waals surface area contributed by atoms with Crippen LogP contribution in [0.3, 0.4) is 0 Å². The number of hydrogen-bond acceptors (Lipinski definition) is 5. The molecule has 0 saturated carbocycles. The van der Waals surface area contributed by atoms with Gasteiger partial charge in [0, 0.05) is 16.3 Å². The van der Waals surface area contributed by atoms with E-state index < -0.39 is 5.97 Å². The molecule has 0 aliphatic heterocycles. The molecule has 2 N–H and O–H groups in total. The van der Waals surface area contributed by atoms with E-state index in [-0.39, 0.29) is 12.5 Å². The highest BCUT2D eigenvalue weighted by atomic mass is 32.2. The van der Waals surface area contributed by atoms with E-state index in [0.29, 0.717) is 16.9 Å². The van der Waals surface area contributed by atoms with Gasteiger partial charge in [0.1, 0.15) is 0 Å². The van der Waals surface area contributed by atoms with Gasteiger partial charge < -0.3 is 15.4 Å². The number of aryl methyl sites for hydroxylation is 1. The van der Waals surface area contributed by atoms with E-state index in [1.54, 1.807) is 30.0 Å². The van der Waals surface area contributed by atoms with Gasteiger partial charge in [-0.05, 0) is 67.6 Å². The molecule has 0 heterocycles. The second-order valence-corrected chi connectivity index (χ2v) is 7.65. The molecule has 0 saturated heterocycles. The zero-order chi connectivity index (χ0) is 21.5. The van der Waals surface area contributed by atoms with Crippen molar-refractivity contribution in [3.05, 3.63) is 83.4 Å². The van der Waals surface area contributed by atoms with Crippen LogP contribution >= 0.6 is 11.8 Å². The number of ether oxygens (including phenoxy) is 1.